The van der Waals surface area contributed by atoms with E-state index in [4.69, 9.17) is 39.2 Å². The van der Waals surface area contributed by atoms with E-state index >= 15 is 0 Å². The van der Waals surface area contributed by atoms with Crippen LogP contribution in [0.4, 0.5) is 34.1 Å². The quantitative estimate of drug-likeness (QED) is 0.147. The number of nitrogens with zero attached hydrogens (tertiary/aromatic N) is 2. The fourth-order valence-corrected chi connectivity index (χ4v) is 12.4. The number of benzene rings is 10. The number of rotatable bonds is 7. The van der Waals surface area contributed by atoms with Gasteiger partial charge in [-0.3, -0.25) is 0 Å². The molecule has 2 nitrogen and oxygen atoms in total. The molecule has 10 aromatic rings. The highest BCUT2D eigenvalue weighted by molar-refractivity contribution is 6.68. The van der Waals surface area contributed by atoms with Gasteiger partial charge in [0.05, 0.1) is 11.1 Å². The minimum atomic E-state index is -0.642. The standard InChI is InChI=1S/C64H41B5N2/c1-63(2)50-24-12-9-22-46(50)49-23-15-27-55(57(49)63)71(41-30-28-38(29-31-41)56-58(65)60(67)62(69)61(68)59(56)66)43-33-35-48-45-21-11-14-26-52(45)64(54(48)37-43)51-25-13-10-20-44(51)47-34-32-42(36-53(47)64)70(39-16-5-3-6-17-39)40-18-7-4-8-19-40/h3-37H,1-2H3. The van der Waals surface area contributed by atoms with Gasteiger partial charge in [-0.2, -0.15) is 0 Å². The van der Waals surface area contributed by atoms with Crippen LogP contribution in [0.5, 0.6) is 0 Å². The Morgan fingerprint density at radius 3 is 1.24 bits per heavy atom. The van der Waals surface area contributed by atoms with Crippen LogP contribution in [0, 0.1) is 0 Å². The maximum absolute atomic E-state index is 6.64. The van der Waals surface area contributed by atoms with Crippen molar-refractivity contribution in [2.24, 2.45) is 0 Å². The molecule has 0 fully saturated rings. The minimum absolute atomic E-state index is 0.193. The predicted octanol–water partition coefficient (Wildman–Crippen LogP) is 10.9. The van der Waals surface area contributed by atoms with Crippen LogP contribution in [-0.4, -0.2) is 39.2 Å². The lowest BCUT2D eigenvalue weighted by molar-refractivity contribution is 0.661. The van der Waals surface area contributed by atoms with Gasteiger partial charge in [-0.15, -0.1) is 16.4 Å². The summed E-state index contributed by atoms with van der Waals surface area (Å²) in [6, 6.07) is 77.4. The lowest BCUT2D eigenvalue weighted by Gasteiger charge is -2.35. The van der Waals surface area contributed by atoms with E-state index in [2.05, 4.69) is 224 Å². The molecule has 0 amide bonds. The van der Waals surface area contributed by atoms with Crippen LogP contribution in [0.1, 0.15) is 47.2 Å². The molecule has 0 aliphatic heterocycles. The first-order chi connectivity index (χ1) is 34.6. The molecule has 0 bridgehead atoms. The summed E-state index contributed by atoms with van der Waals surface area (Å²) in [4.78, 5) is 4.79. The maximum Gasteiger partial charge on any atom is 0.113 e. The monoisotopic (exact) mass is 892 g/mol. The second-order valence-electron chi connectivity index (χ2n) is 19.5. The summed E-state index contributed by atoms with van der Waals surface area (Å²) in [6.45, 7) is 4.69. The normalized spacial score (nSPS) is 15.1. The highest BCUT2D eigenvalue weighted by Gasteiger charge is 2.52. The molecule has 10 aromatic carbocycles. The molecule has 0 saturated carbocycles. The fraction of sp³-hybridized carbons (Fsp3) is 0.0625. The molecule has 0 heterocycles. The molecule has 1 atom stereocenters. The first-order valence-corrected chi connectivity index (χ1v) is 24.1. The molecule has 0 saturated heterocycles. The van der Waals surface area contributed by atoms with Crippen molar-refractivity contribution in [1.82, 2.24) is 0 Å². The van der Waals surface area contributed by atoms with Crippen LogP contribution >= 0.6 is 0 Å². The van der Waals surface area contributed by atoms with E-state index in [0.717, 1.165) is 39.7 Å². The number of hydrogen-bond donors (Lipinski definition) is 0. The molecule has 13 rings (SSSR count). The predicted molar refractivity (Wildman–Crippen MR) is 302 cm³/mol. The van der Waals surface area contributed by atoms with Crippen LogP contribution in [0.15, 0.2) is 212 Å². The number of hydrogen-bond acceptors (Lipinski definition) is 2. The first-order valence-electron chi connectivity index (χ1n) is 24.1. The van der Waals surface area contributed by atoms with Crippen molar-refractivity contribution in [3.63, 3.8) is 0 Å². The van der Waals surface area contributed by atoms with E-state index in [1.165, 1.54) is 66.8 Å². The minimum Gasteiger partial charge on any atom is -0.310 e. The highest BCUT2D eigenvalue weighted by Crippen LogP contribution is 2.64. The molecule has 0 N–H and O–H groups in total. The van der Waals surface area contributed by atoms with Gasteiger partial charge < -0.3 is 9.80 Å². The number of anilines is 6. The molecule has 3 aliphatic carbocycles. The molecule has 1 unspecified atom stereocenters. The Labute approximate surface area is 423 Å². The Morgan fingerprint density at radius 2 is 0.704 bits per heavy atom. The fourth-order valence-electron chi connectivity index (χ4n) is 12.4. The van der Waals surface area contributed by atoms with Crippen LogP contribution < -0.4 is 37.1 Å². The molecule has 322 valence electrons. The third-order valence-electron chi connectivity index (χ3n) is 15.5. The number of fused-ring (bicyclic) bond motifs is 13. The van der Waals surface area contributed by atoms with Gasteiger partial charge >= 0.3 is 0 Å². The zero-order valence-electron chi connectivity index (χ0n) is 39.5. The van der Waals surface area contributed by atoms with E-state index < -0.39 is 5.41 Å². The Balaban J connectivity index is 1.06. The van der Waals surface area contributed by atoms with Crippen molar-refractivity contribution in [2.75, 3.05) is 9.80 Å². The SMILES string of the molecule is [B]c1c([B])c([B])c(-c2ccc(N(c3ccc4c(c3)C3(c5ccccc5-c5ccc(N(c6ccccc6)c6ccccc6)cc53)c3ccccc3-4)c3cccc4c3C(C)(C)c3ccccc3-4)cc2)c([B])c1[B]. The largest absolute Gasteiger partial charge is 0.310 e. The third kappa shape index (κ3) is 6.15. The summed E-state index contributed by atoms with van der Waals surface area (Å²) < 4.78 is 0. The average Bonchev–Trinajstić information content (AvgIpc) is 3.97. The zero-order valence-corrected chi connectivity index (χ0v) is 39.5. The molecule has 1 spiro atoms. The molecular formula is C64H41B5N2. The topological polar surface area (TPSA) is 6.48 Å². The van der Waals surface area contributed by atoms with Gasteiger partial charge in [-0.25, -0.2) is 0 Å². The smallest absolute Gasteiger partial charge is 0.113 e. The third-order valence-corrected chi connectivity index (χ3v) is 15.5. The van der Waals surface area contributed by atoms with Crippen molar-refractivity contribution in [3.8, 4) is 44.5 Å². The Hall–Kier alpha value is -7.88. The molecule has 10 radical (unpaired) electrons. The Bertz CT molecular complexity index is 3730. The van der Waals surface area contributed by atoms with Gasteiger partial charge in [0.1, 0.15) is 39.2 Å². The summed E-state index contributed by atoms with van der Waals surface area (Å²) >= 11 is 0. The summed E-state index contributed by atoms with van der Waals surface area (Å²) in [6.07, 6.45) is 0. The second kappa shape index (κ2) is 16.1. The molecular weight excluding hydrogens is 851 g/mol. The summed E-state index contributed by atoms with van der Waals surface area (Å²) in [5, 5.41) is 0. The second-order valence-corrected chi connectivity index (χ2v) is 19.5. The zero-order chi connectivity index (χ0) is 48.3. The van der Waals surface area contributed by atoms with Crippen molar-refractivity contribution in [3.05, 3.63) is 246 Å². The molecule has 0 aromatic heterocycles. The van der Waals surface area contributed by atoms with Crippen LogP contribution in [0.3, 0.4) is 0 Å². The van der Waals surface area contributed by atoms with E-state index in [1.807, 2.05) is 12.1 Å². The van der Waals surface area contributed by atoms with Crippen LogP contribution in [0.25, 0.3) is 44.5 Å². The van der Waals surface area contributed by atoms with E-state index in [9.17, 15) is 0 Å². The van der Waals surface area contributed by atoms with Gasteiger partial charge in [0, 0.05) is 33.9 Å². The van der Waals surface area contributed by atoms with Gasteiger partial charge in [0.15, 0.2) is 0 Å². The van der Waals surface area contributed by atoms with Gasteiger partial charge in [0.25, 0.3) is 0 Å². The van der Waals surface area contributed by atoms with Crippen LogP contribution in [0.2, 0.25) is 0 Å². The first kappa shape index (κ1) is 43.2. The summed E-state index contributed by atoms with van der Waals surface area (Å²) in [5.41, 5.74) is 23.0. The maximum atomic E-state index is 6.64. The summed E-state index contributed by atoms with van der Waals surface area (Å²) in [5.74, 6) is 0. The van der Waals surface area contributed by atoms with Gasteiger partial charge in [0.2, 0.25) is 0 Å². The van der Waals surface area contributed by atoms with Crippen molar-refractivity contribution < 1.29 is 0 Å². The molecule has 3 aliphatic rings. The highest BCUT2D eigenvalue weighted by atomic mass is 15.2. The number of para-hydroxylation sites is 2. The Kier molecular flexibility index (Phi) is 9.78. The summed E-state index contributed by atoms with van der Waals surface area (Å²) in [7, 11) is 32.3. The van der Waals surface area contributed by atoms with E-state index in [-0.39, 0.29) is 21.8 Å². The molecule has 71 heavy (non-hydrogen) atoms. The van der Waals surface area contributed by atoms with E-state index in [1.54, 1.807) is 0 Å². The lowest BCUT2D eigenvalue weighted by Crippen LogP contribution is -2.55. The lowest BCUT2D eigenvalue weighted by atomic mass is 9.60. The van der Waals surface area contributed by atoms with Crippen molar-refractivity contribution in [1.29, 1.82) is 0 Å². The van der Waals surface area contributed by atoms with Gasteiger partial charge in [-0.05, 0) is 145 Å². The average molecular weight is 892 g/mol. The van der Waals surface area contributed by atoms with Crippen molar-refractivity contribution >= 4 is 101 Å². The van der Waals surface area contributed by atoms with Gasteiger partial charge in [-0.1, -0.05) is 170 Å². The van der Waals surface area contributed by atoms with E-state index in [0.29, 0.717) is 16.5 Å². The Morgan fingerprint density at radius 1 is 0.310 bits per heavy atom. The van der Waals surface area contributed by atoms with Crippen LogP contribution in [-0.2, 0) is 10.8 Å². The molecule has 7 heteroatoms. The van der Waals surface area contributed by atoms with Crippen molar-refractivity contribution in [2.45, 2.75) is 24.7 Å².